The molecule has 1 heterocycles. The number of hydrogen-bond donors (Lipinski definition) is 1. The maximum Gasteiger partial charge on any atom is 0.407 e. The Labute approximate surface area is 112 Å². The number of nitrogens with zero attached hydrogens (tertiary/aromatic N) is 1. The highest BCUT2D eigenvalue weighted by Gasteiger charge is 2.17. The third kappa shape index (κ3) is 3.55. The van der Waals surface area contributed by atoms with E-state index in [1.165, 1.54) is 0 Å². The van der Waals surface area contributed by atoms with Crippen LogP contribution < -0.4 is 5.32 Å². The Hall–Kier alpha value is -2.36. The van der Waals surface area contributed by atoms with Crippen molar-refractivity contribution in [1.82, 2.24) is 10.3 Å². The number of nitrogens with one attached hydrogen (secondary N) is 1. The van der Waals surface area contributed by atoms with Crippen LogP contribution >= 0.6 is 0 Å². The number of ether oxygens (including phenoxy) is 1. The number of alkyl carbamates (subject to hydrolysis) is 1. The van der Waals surface area contributed by atoms with E-state index in [0.717, 1.165) is 11.3 Å². The molecule has 1 aromatic carbocycles. The maximum atomic E-state index is 11.6. The molecule has 0 saturated carbocycles. The molecule has 1 atom stereocenters. The zero-order chi connectivity index (χ0) is 13.5. The van der Waals surface area contributed by atoms with Gasteiger partial charge in [-0.15, -0.1) is 0 Å². The smallest absolute Gasteiger partial charge is 0.407 e. The summed E-state index contributed by atoms with van der Waals surface area (Å²) in [5, 5.41) is 2.83. The van der Waals surface area contributed by atoms with E-state index in [1.54, 1.807) is 13.1 Å². The van der Waals surface area contributed by atoms with Crippen LogP contribution in [0.4, 0.5) is 4.79 Å². The number of aromatic nitrogens is 1. The van der Waals surface area contributed by atoms with Crippen LogP contribution in [-0.4, -0.2) is 17.7 Å². The van der Waals surface area contributed by atoms with E-state index in [1.807, 2.05) is 48.5 Å². The van der Waals surface area contributed by atoms with Crippen molar-refractivity contribution in [1.29, 1.82) is 0 Å². The van der Waals surface area contributed by atoms with E-state index in [9.17, 15) is 4.79 Å². The molecule has 0 bridgehead atoms. The first-order chi connectivity index (χ1) is 9.31. The second kappa shape index (κ2) is 6.54. The van der Waals surface area contributed by atoms with Crippen LogP contribution in [0.5, 0.6) is 0 Å². The lowest BCUT2D eigenvalue weighted by molar-refractivity contribution is 0.149. The van der Waals surface area contributed by atoms with Crippen molar-refractivity contribution >= 4 is 6.09 Å². The van der Waals surface area contributed by atoms with Crippen molar-refractivity contribution in [3.8, 4) is 0 Å². The van der Waals surface area contributed by atoms with Crippen LogP contribution in [0, 0.1) is 0 Å². The molecular weight excluding hydrogens is 240 g/mol. The first-order valence-electron chi connectivity index (χ1n) is 6.20. The summed E-state index contributed by atoms with van der Waals surface area (Å²) in [6.45, 7) is 2.12. The summed E-state index contributed by atoms with van der Waals surface area (Å²) in [6, 6.07) is 15.0. The normalized spacial score (nSPS) is 11.6. The van der Waals surface area contributed by atoms with Crippen LogP contribution in [0.15, 0.2) is 54.7 Å². The van der Waals surface area contributed by atoms with E-state index in [2.05, 4.69) is 10.3 Å². The highest BCUT2D eigenvalue weighted by atomic mass is 16.5. The van der Waals surface area contributed by atoms with Gasteiger partial charge in [0.15, 0.2) is 0 Å². The number of carbonyl (C=O) groups excluding carboxylic acids is 1. The van der Waals surface area contributed by atoms with Crippen molar-refractivity contribution < 1.29 is 9.53 Å². The lowest BCUT2D eigenvalue weighted by Gasteiger charge is -2.18. The number of carbonyl (C=O) groups is 1. The fourth-order valence-corrected chi connectivity index (χ4v) is 1.81. The number of rotatable bonds is 4. The largest absolute Gasteiger partial charge is 0.450 e. The average Bonchev–Trinajstić information content (AvgIpc) is 2.47. The first kappa shape index (κ1) is 13.1. The quantitative estimate of drug-likeness (QED) is 0.915. The predicted octanol–water partition coefficient (Wildman–Crippen LogP) is 2.92. The molecule has 0 radical (unpaired) electrons. The molecule has 2 aromatic rings. The molecule has 98 valence electrons. The fraction of sp³-hybridized carbons (Fsp3) is 0.200. The van der Waals surface area contributed by atoms with Crippen molar-refractivity contribution in [2.45, 2.75) is 13.0 Å². The van der Waals surface area contributed by atoms with Gasteiger partial charge in [0.05, 0.1) is 18.3 Å². The molecule has 1 unspecified atom stereocenters. The molecule has 4 heteroatoms. The highest BCUT2D eigenvalue weighted by Crippen LogP contribution is 2.19. The Morgan fingerprint density at radius 2 is 1.95 bits per heavy atom. The van der Waals surface area contributed by atoms with E-state index in [0.29, 0.717) is 6.61 Å². The Morgan fingerprint density at radius 3 is 2.58 bits per heavy atom. The summed E-state index contributed by atoms with van der Waals surface area (Å²) < 4.78 is 4.94. The number of benzene rings is 1. The summed E-state index contributed by atoms with van der Waals surface area (Å²) in [4.78, 5) is 15.9. The van der Waals surface area contributed by atoms with Crippen molar-refractivity contribution in [2.75, 3.05) is 6.61 Å². The molecule has 0 spiro atoms. The lowest BCUT2D eigenvalue weighted by atomic mass is 10.0. The van der Waals surface area contributed by atoms with Gasteiger partial charge in [-0.25, -0.2) is 4.79 Å². The molecule has 1 aromatic heterocycles. The van der Waals surface area contributed by atoms with Crippen LogP contribution in [-0.2, 0) is 4.74 Å². The second-order valence-corrected chi connectivity index (χ2v) is 3.96. The molecule has 0 fully saturated rings. The Kier molecular flexibility index (Phi) is 4.50. The first-order valence-corrected chi connectivity index (χ1v) is 6.20. The SMILES string of the molecule is CCOC(=O)NC(c1ccccc1)c1ccccn1. The standard InChI is InChI=1S/C15H16N2O2/c1-2-19-15(18)17-14(12-8-4-3-5-9-12)13-10-6-7-11-16-13/h3-11,14H,2H2,1H3,(H,17,18). The Balaban J connectivity index is 2.26. The van der Waals surface area contributed by atoms with E-state index >= 15 is 0 Å². The minimum atomic E-state index is -0.443. The topological polar surface area (TPSA) is 51.2 Å². The minimum absolute atomic E-state index is 0.304. The van der Waals surface area contributed by atoms with Crippen molar-refractivity contribution in [3.63, 3.8) is 0 Å². The maximum absolute atomic E-state index is 11.6. The predicted molar refractivity (Wildman–Crippen MR) is 72.7 cm³/mol. The third-order valence-corrected chi connectivity index (χ3v) is 2.65. The van der Waals surface area contributed by atoms with Crippen LogP contribution in [0.3, 0.4) is 0 Å². The summed E-state index contributed by atoms with van der Waals surface area (Å²) in [6.07, 6.45) is 1.26. The molecule has 4 nitrogen and oxygen atoms in total. The van der Waals surface area contributed by atoms with Crippen LogP contribution in [0.1, 0.15) is 24.2 Å². The third-order valence-electron chi connectivity index (χ3n) is 2.65. The molecule has 1 N–H and O–H groups in total. The number of pyridine rings is 1. The Morgan fingerprint density at radius 1 is 1.21 bits per heavy atom. The van der Waals surface area contributed by atoms with Gasteiger partial charge in [0.2, 0.25) is 0 Å². The average molecular weight is 256 g/mol. The zero-order valence-corrected chi connectivity index (χ0v) is 10.7. The van der Waals surface area contributed by atoms with Crippen molar-refractivity contribution in [2.24, 2.45) is 0 Å². The molecule has 19 heavy (non-hydrogen) atoms. The number of hydrogen-bond acceptors (Lipinski definition) is 3. The summed E-state index contributed by atoms with van der Waals surface area (Å²) in [7, 11) is 0. The van der Waals surface area contributed by atoms with Gasteiger partial charge in [0.25, 0.3) is 0 Å². The van der Waals surface area contributed by atoms with E-state index in [-0.39, 0.29) is 6.04 Å². The van der Waals surface area contributed by atoms with E-state index in [4.69, 9.17) is 4.74 Å². The van der Waals surface area contributed by atoms with Gasteiger partial charge >= 0.3 is 6.09 Å². The monoisotopic (exact) mass is 256 g/mol. The molecular formula is C15H16N2O2. The van der Waals surface area contributed by atoms with Gasteiger partial charge in [0, 0.05) is 6.20 Å². The molecule has 0 saturated heterocycles. The van der Waals surface area contributed by atoms with Gasteiger partial charge in [-0.3, -0.25) is 4.98 Å². The van der Waals surface area contributed by atoms with Crippen LogP contribution in [0.2, 0.25) is 0 Å². The van der Waals surface area contributed by atoms with Crippen molar-refractivity contribution in [3.05, 3.63) is 66.0 Å². The molecule has 0 aliphatic rings. The molecule has 2 rings (SSSR count). The van der Waals surface area contributed by atoms with Gasteiger partial charge in [-0.2, -0.15) is 0 Å². The number of amides is 1. The highest BCUT2D eigenvalue weighted by molar-refractivity contribution is 5.68. The summed E-state index contributed by atoms with van der Waals surface area (Å²) >= 11 is 0. The minimum Gasteiger partial charge on any atom is -0.450 e. The molecule has 0 aliphatic heterocycles. The summed E-state index contributed by atoms with van der Waals surface area (Å²) in [5.74, 6) is 0. The zero-order valence-electron chi connectivity index (χ0n) is 10.7. The van der Waals surface area contributed by atoms with Gasteiger partial charge in [-0.05, 0) is 24.6 Å². The van der Waals surface area contributed by atoms with Crippen LogP contribution in [0.25, 0.3) is 0 Å². The molecule has 1 amide bonds. The van der Waals surface area contributed by atoms with E-state index < -0.39 is 6.09 Å². The summed E-state index contributed by atoms with van der Waals surface area (Å²) in [5.41, 5.74) is 1.75. The van der Waals surface area contributed by atoms with Gasteiger partial charge < -0.3 is 10.1 Å². The fourth-order valence-electron chi connectivity index (χ4n) is 1.81. The molecule has 0 aliphatic carbocycles. The Bertz CT molecular complexity index is 475. The second-order valence-electron chi connectivity index (χ2n) is 3.96. The lowest BCUT2D eigenvalue weighted by Crippen LogP contribution is -2.30. The van der Waals surface area contributed by atoms with Gasteiger partial charge in [-0.1, -0.05) is 36.4 Å². The van der Waals surface area contributed by atoms with Gasteiger partial charge in [0.1, 0.15) is 0 Å².